The number of aromatic nitrogens is 1. The van der Waals surface area contributed by atoms with Crippen LogP contribution in [-0.2, 0) is 6.54 Å². The van der Waals surface area contributed by atoms with Crippen molar-refractivity contribution in [1.82, 2.24) is 10.3 Å². The third-order valence-corrected chi connectivity index (χ3v) is 3.69. The molecule has 0 unspecified atom stereocenters. The minimum atomic E-state index is 0.926. The first-order valence-corrected chi connectivity index (χ1v) is 6.90. The molecule has 92 valence electrons. The van der Waals surface area contributed by atoms with Crippen molar-refractivity contribution < 1.29 is 0 Å². The lowest BCUT2D eigenvalue weighted by molar-refractivity contribution is 0.741. The Morgan fingerprint density at radius 1 is 1.25 bits per heavy atom. The van der Waals surface area contributed by atoms with Crippen LogP contribution in [0.15, 0.2) is 0 Å². The molecule has 0 spiro atoms. The maximum absolute atomic E-state index is 4.67. The summed E-state index contributed by atoms with van der Waals surface area (Å²) >= 11 is 1.82. The van der Waals surface area contributed by atoms with Gasteiger partial charge in [-0.15, -0.1) is 11.3 Å². The van der Waals surface area contributed by atoms with Crippen molar-refractivity contribution in [2.45, 2.75) is 40.2 Å². The molecule has 0 aliphatic rings. The summed E-state index contributed by atoms with van der Waals surface area (Å²) in [5.74, 6) is 0. The quantitative estimate of drug-likeness (QED) is 0.795. The van der Waals surface area contributed by atoms with Gasteiger partial charge in [0.05, 0.1) is 5.69 Å². The van der Waals surface area contributed by atoms with Gasteiger partial charge in [0.25, 0.3) is 0 Å². The molecule has 0 bridgehead atoms. The fraction of sp³-hybridized carbons (Fsp3) is 0.750. The first-order chi connectivity index (χ1) is 7.72. The molecule has 0 aliphatic carbocycles. The molecule has 1 aromatic rings. The lowest BCUT2D eigenvalue weighted by Gasteiger charge is -2.19. The van der Waals surface area contributed by atoms with Crippen molar-refractivity contribution in [2.75, 3.05) is 25.0 Å². The molecule has 4 heteroatoms. The van der Waals surface area contributed by atoms with Crippen LogP contribution in [0.25, 0.3) is 0 Å². The van der Waals surface area contributed by atoms with Gasteiger partial charge in [0.15, 0.2) is 5.13 Å². The number of thiazole rings is 1. The predicted molar refractivity (Wildman–Crippen MR) is 72.4 cm³/mol. The Hall–Kier alpha value is -0.610. The van der Waals surface area contributed by atoms with Crippen LogP contribution in [0.4, 0.5) is 5.13 Å². The molecule has 0 saturated carbocycles. The van der Waals surface area contributed by atoms with Crippen molar-refractivity contribution in [3.63, 3.8) is 0 Å². The molecular weight excluding hydrogens is 218 g/mol. The van der Waals surface area contributed by atoms with Crippen LogP contribution in [0.3, 0.4) is 0 Å². The largest absolute Gasteiger partial charge is 0.348 e. The molecule has 1 heterocycles. The lowest BCUT2D eigenvalue weighted by atomic mass is 10.4. The Morgan fingerprint density at radius 3 is 2.38 bits per heavy atom. The summed E-state index contributed by atoms with van der Waals surface area (Å²) in [6.07, 6.45) is 2.36. The maximum Gasteiger partial charge on any atom is 0.185 e. The predicted octanol–water partition coefficient (Wildman–Crippen LogP) is 2.80. The van der Waals surface area contributed by atoms with E-state index < -0.39 is 0 Å². The number of hydrogen-bond acceptors (Lipinski definition) is 4. The first kappa shape index (κ1) is 13.5. The summed E-state index contributed by atoms with van der Waals surface area (Å²) in [7, 11) is 1.98. The van der Waals surface area contributed by atoms with Crippen LogP contribution in [0.1, 0.15) is 37.3 Å². The van der Waals surface area contributed by atoms with Crippen LogP contribution >= 0.6 is 11.3 Å². The van der Waals surface area contributed by atoms with E-state index in [-0.39, 0.29) is 0 Å². The molecule has 3 nitrogen and oxygen atoms in total. The number of nitrogens with one attached hydrogen (secondary N) is 1. The maximum atomic E-state index is 4.67. The zero-order chi connectivity index (χ0) is 12.0. The molecule has 1 aromatic heterocycles. The smallest absolute Gasteiger partial charge is 0.185 e. The SMILES string of the molecule is CCCN(CCC)c1nc(C)c(CNC)s1. The standard InChI is InChI=1S/C12H23N3S/c1-5-7-15(8-6-2)12-14-10(3)11(16-12)9-13-4/h13H,5-9H2,1-4H3. The summed E-state index contributed by atoms with van der Waals surface area (Å²) in [6.45, 7) is 9.69. The zero-order valence-electron chi connectivity index (χ0n) is 10.8. The van der Waals surface area contributed by atoms with Gasteiger partial charge < -0.3 is 10.2 Å². The number of rotatable bonds is 7. The molecule has 16 heavy (non-hydrogen) atoms. The van der Waals surface area contributed by atoms with E-state index >= 15 is 0 Å². The van der Waals surface area contributed by atoms with Crippen LogP contribution in [-0.4, -0.2) is 25.1 Å². The van der Waals surface area contributed by atoms with Crippen LogP contribution < -0.4 is 10.2 Å². The van der Waals surface area contributed by atoms with Gasteiger partial charge in [-0.25, -0.2) is 4.98 Å². The summed E-state index contributed by atoms with van der Waals surface area (Å²) in [4.78, 5) is 8.43. The van der Waals surface area contributed by atoms with Crippen molar-refractivity contribution in [2.24, 2.45) is 0 Å². The Bertz CT molecular complexity index is 303. The number of anilines is 1. The topological polar surface area (TPSA) is 28.2 Å². The van der Waals surface area contributed by atoms with E-state index in [4.69, 9.17) is 0 Å². The first-order valence-electron chi connectivity index (χ1n) is 6.08. The van der Waals surface area contributed by atoms with E-state index in [0.717, 1.165) is 19.6 Å². The zero-order valence-corrected chi connectivity index (χ0v) is 11.7. The van der Waals surface area contributed by atoms with Crippen molar-refractivity contribution in [1.29, 1.82) is 0 Å². The number of aryl methyl sites for hydroxylation is 1. The molecule has 1 rings (SSSR count). The monoisotopic (exact) mass is 241 g/mol. The van der Waals surface area contributed by atoms with E-state index in [2.05, 4.69) is 36.0 Å². The second kappa shape index (κ2) is 6.86. The van der Waals surface area contributed by atoms with Crippen molar-refractivity contribution in [3.8, 4) is 0 Å². The molecular formula is C12H23N3S. The molecule has 0 saturated heterocycles. The Kier molecular flexibility index (Phi) is 5.77. The van der Waals surface area contributed by atoms with Crippen LogP contribution in [0.2, 0.25) is 0 Å². The van der Waals surface area contributed by atoms with E-state index in [1.807, 2.05) is 18.4 Å². The highest BCUT2D eigenvalue weighted by molar-refractivity contribution is 7.15. The normalized spacial score (nSPS) is 10.8. The van der Waals surface area contributed by atoms with Crippen LogP contribution in [0.5, 0.6) is 0 Å². The molecule has 0 radical (unpaired) electrons. The second-order valence-corrected chi connectivity index (χ2v) is 5.08. The third-order valence-electron chi connectivity index (χ3n) is 2.48. The van der Waals surface area contributed by atoms with Gasteiger partial charge in [0.2, 0.25) is 0 Å². The van der Waals surface area contributed by atoms with Gasteiger partial charge in [-0.1, -0.05) is 13.8 Å². The fourth-order valence-electron chi connectivity index (χ4n) is 1.72. The van der Waals surface area contributed by atoms with E-state index in [9.17, 15) is 0 Å². The fourth-order valence-corrected chi connectivity index (χ4v) is 2.84. The molecule has 1 N–H and O–H groups in total. The summed E-state index contributed by atoms with van der Waals surface area (Å²) in [5.41, 5.74) is 1.17. The highest BCUT2D eigenvalue weighted by Gasteiger charge is 2.12. The van der Waals surface area contributed by atoms with E-state index in [1.54, 1.807) is 0 Å². The van der Waals surface area contributed by atoms with E-state index in [0.29, 0.717) is 0 Å². The molecule has 0 fully saturated rings. The van der Waals surface area contributed by atoms with Gasteiger partial charge >= 0.3 is 0 Å². The molecule has 0 atom stereocenters. The van der Waals surface area contributed by atoms with Gasteiger partial charge in [-0.2, -0.15) is 0 Å². The highest BCUT2D eigenvalue weighted by atomic mass is 32.1. The Balaban J connectivity index is 2.79. The number of nitrogens with zero attached hydrogens (tertiary/aromatic N) is 2. The molecule has 0 amide bonds. The second-order valence-electron chi connectivity index (χ2n) is 4.02. The van der Waals surface area contributed by atoms with E-state index in [1.165, 1.54) is 28.5 Å². The Morgan fingerprint density at radius 2 is 1.88 bits per heavy atom. The van der Waals surface area contributed by atoms with Crippen molar-refractivity contribution in [3.05, 3.63) is 10.6 Å². The lowest BCUT2D eigenvalue weighted by Crippen LogP contribution is -2.24. The van der Waals surface area contributed by atoms with Gasteiger partial charge in [-0.3, -0.25) is 0 Å². The van der Waals surface area contributed by atoms with Crippen LogP contribution in [0, 0.1) is 6.92 Å². The minimum absolute atomic E-state index is 0.926. The minimum Gasteiger partial charge on any atom is -0.348 e. The Labute approximate surface area is 103 Å². The molecule has 0 aromatic carbocycles. The summed E-state index contributed by atoms with van der Waals surface area (Å²) in [5, 5.41) is 4.38. The number of hydrogen-bond donors (Lipinski definition) is 1. The average molecular weight is 241 g/mol. The van der Waals surface area contributed by atoms with Gasteiger partial charge in [0.1, 0.15) is 0 Å². The van der Waals surface area contributed by atoms with Crippen molar-refractivity contribution >= 4 is 16.5 Å². The summed E-state index contributed by atoms with van der Waals surface area (Å²) in [6, 6.07) is 0. The average Bonchev–Trinajstić information content (AvgIpc) is 2.61. The summed E-state index contributed by atoms with van der Waals surface area (Å²) < 4.78 is 0. The molecule has 0 aliphatic heterocycles. The van der Waals surface area contributed by atoms with Gasteiger partial charge in [-0.05, 0) is 26.8 Å². The van der Waals surface area contributed by atoms with Gasteiger partial charge in [0, 0.05) is 24.5 Å². The third kappa shape index (κ3) is 3.46. The highest BCUT2D eigenvalue weighted by Crippen LogP contribution is 2.26.